The lowest BCUT2D eigenvalue weighted by atomic mass is 10.1. The van der Waals surface area contributed by atoms with Gasteiger partial charge in [-0.05, 0) is 37.1 Å². The molecular formula is C22H25N3O4S. The van der Waals surface area contributed by atoms with E-state index in [0.29, 0.717) is 5.56 Å². The Labute approximate surface area is 176 Å². The normalized spacial score (nSPS) is 12.7. The summed E-state index contributed by atoms with van der Waals surface area (Å²) >= 11 is 0. The van der Waals surface area contributed by atoms with Crippen LogP contribution in [0, 0.1) is 12.8 Å². The molecule has 1 heterocycles. The summed E-state index contributed by atoms with van der Waals surface area (Å²) < 4.78 is 34.9. The number of aromatic nitrogens is 2. The molecule has 0 saturated carbocycles. The number of aryl methyl sites for hydroxylation is 1. The van der Waals surface area contributed by atoms with E-state index in [2.05, 4.69) is 9.82 Å². The van der Waals surface area contributed by atoms with E-state index in [1.165, 1.54) is 12.1 Å². The molecule has 0 aliphatic heterocycles. The van der Waals surface area contributed by atoms with Crippen molar-refractivity contribution in [2.24, 2.45) is 5.92 Å². The fourth-order valence-electron chi connectivity index (χ4n) is 2.81. The molecule has 0 fully saturated rings. The van der Waals surface area contributed by atoms with Crippen molar-refractivity contribution in [3.05, 3.63) is 78.1 Å². The Kier molecular flexibility index (Phi) is 6.69. The number of hydrogen-bond donors (Lipinski definition) is 1. The maximum atomic E-state index is 12.7. The smallest absolute Gasteiger partial charge is 0.324 e. The van der Waals surface area contributed by atoms with Crippen LogP contribution in [0.5, 0.6) is 0 Å². The van der Waals surface area contributed by atoms with Crippen LogP contribution in [-0.2, 0) is 26.2 Å². The summed E-state index contributed by atoms with van der Waals surface area (Å²) in [6.45, 7) is 5.40. The average Bonchev–Trinajstić information content (AvgIpc) is 3.20. The molecular weight excluding hydrogens is 402 g/mol. The third-order valence-corrected chi connectivity index (χ3v) is 6.03. The molecule has 0 bridgehead atoms. The number of sulfonamides is 1. The average molecular weight is 428 g/mol. The molecule has 0 saturated heterocycles. The van der Waals surface area contributed by atoms with Crippen LogP contribution in [0.2, 0.25) is 0 Å². The summed E-state index contributed by atoms with van der Waals surface area (Å²) in [5.41, 5.74) is 2.54. The van der Waals surface area contributed by atoms with Gasteiger partial charge in [0.15, 0.2) is 0 Å². The Bertz CT molecular complexity index is 1090. The summed E-state index contributed by atoms with van der Waals surface area (Å²) in [6, 6.07) is 15.0. The minimum Gasteiger partial charge on any atom is -0.459 e. The lowest BCUT2D eigenvalue weighted by Gasteiger charge is -2.20. The fraction of sp³-hybridized carbons (Fsp3) is 0.273. The first kappa shape index (κ1) is 21.7. The van der Waals surface area contributed by atoms with Crippen molar-refractivity contribution in [1.29, 1.82) is 0 Å². The van der Waals surface area contributed by atoms with E-state index in [0.717, 1.165) is 11.3 Å². The maximum Gasteiger partial charge on any atom is 0.324 e. The minimum absolute atomic E-state index is 0.00114. The van der Waals surface area contributed by atoms with Gasteiger partial charge in [0.2, 0.25) is 10.0 Å². The maximum absolute atomic E-state index is 12.7. The second-order valence-corrected chi connectivity index (χ2v) is 9.11. The first-order valence-corrected chi connectivity index (χ1v) is 11.1. The molecule has 30 heavy (non-hydrogen) atoms. The zero-order valence-corrected chi connectivity index (χ0v) is 18.0. The molecule has 0 aliphatic rings. The van der Waals surface area contributed by atoms with Crippen LogP contribution in [0.25, 0.3) is 5.69 Å². The molecule has 0 radical (unpaired) electrons. The van der Waals surface area contributed by atoms with Crippen LogP contribution in [0.4, 0.5) is 0 Å². The molecule has 3 aromatic rings. The van der Waals surface area contributed by atoms with Crippen molar-refractivity contribution in [3.63, 3.8) is 0 Å². The molecule has 0 amide bonds. The monoisotopic (exact) mass is 427 g/mol. The fourth-order valence-corrected chi connectivity index (χ4v) is 4.14. The summed E-state index contributed by atoms with van der Waals surface area (Å²) in [6.07, 6.45) is 3.38. The van der Waals surface area contributed by atoms with E-state index >= 15 is 0 Å². The second-order valence-electron chi connectivity index (χ2n) is 7.39. The Morgan fingerprint density at radius 1 is 1.10 bits per heavy atom. The zero-order valence-electron chi connectivity index (χ0n) is 17.1. The minimum atomic E-state index is -3.85. The van der Waals surface area contributed by atoms with Crippen LogP contribution >= 0.6 is 0 Å². The first-order chi connectivity index (χ1) is 14.3. The highest BCUT2D eigenvalue weighted by atomic mass is 32.2. The van der Waals surface area contributed by atoms with E-state index in [-0.39, 0.29) is 17.4 Å². The number of nitrogens with one attached hydrogen (secondary N) is 1. The number of esters is 1. The van der Waals surface area contributed by atoms with E-state index in [4.69, 9.17) is 4.74 Å². The van der Waals surface area contributed by atoms with Crippen LogP contribution in [0.15, 0.2) is 71.9 Å². The van der Waals surface area contributed by atoms with E-state index < -0.39 is 22.0 Å². The summed E-state index contributed by atoms with van der Waals surface area (Å²) in [7, 11) is -3.85. The molecule has 1 atom stereocenters. The number of rotatable bonds is 8. The summed E-state index contributed by atoms with van der Waals surface area (Å²) in [4.78, 5) is 12.7. The standard InChI is InChI=1S/C22H25N3O4S/c1-16(2)21(24-30(27,28)20-11-9-17(3)10-12-20)22(26)29-15-18-13-23-25(14-18)19-7-5-4-6-8-19/h4-14,16,21,24H,15H2,1-3H3/t21-/m0/s1. The quantitative estimate of drug-likeness (QED) is 0.558. The Balaban J connectivity index is 1.66. The molecule has 1 aromatic heterocycles. The van der Waals surface area contributed by atoms with Crippen LogP contribution in [0.1, 0.15) is 25.0 Å². The first-order valence-electron chi connectivity index (χ1n) is 9.61. The predicted molar refractivity (Wildman–Crippen MR) is 113 cm³/mol. The second kappa shape index (κ2) is 9.23. The van der Waals surface area contributed by atoms with Crippen molar-refractivity contribution >= 4 is 16.0 Å². The molecule has 7 nitrogen and oxygen atoms in total. The van der Waals surface area contributed by atoms with Gasteiger partial charge in [-0.15, -0.1) is 0 Å². The van der Waals surface area contributed by atoms with Gasteiger partial charge in [0.25, 0.3) is 0 Å². The number of ether oxygens (including phenoxy) is 1. The molecule has 0 aliphatic carbocycles. The van der Waals surface area contributed by atoms with Crippen molar-refractivity contribution in [3.8, 4) is 5.69 Å². The van der Waals surface area contributed by atoms with Crippen LogP contribution in [0.3, 0.4) is 0 Å². The molecule has 8 heteroatoms. The van der Waals surface area contributed by atoms with Crippen LogP contribution in [-0.4, -0.2) is 30.2 Å². The van der Waals surface area contributed by atoms with E-state index in [9.17, 15) is 13.2 Å². The molecule has 158 valence electrons. The highest BCUT2D eigenvalue weighted by molar-refractivity contribution is 7.89. The number of benzene rings is 2. The number of carbonyl (C=O) groups excluding carboxylic acids is 1. The third kappa shape index (κ3) is 5.34. The van der Waals surface area contributed by atoms with Gasteiger partial charge < -0.3 is 4.74 Å². The zero-order chi connectivity index (χ0) is 21.7. The lowest BCUT2D eigenvalue weighted by molar-refractivity contribution is -0.148. The SMILES string of the molecule is Cc1ccc(S(=O)(=O)N[C@H](C(=O)OCc2cnn(-c3ccccc3)c2)C(C)C)cc1. The van der Waals surface area contributed by atoms with Crippen molar-refractivity contribution < 1.29 is 17.9 Å². The van der Waals surface area contributed by atoms with Gasteiger partial charge >= 0.3 is 5.97 Å². The summed E-state index contributed by atoms with van der Waals surface area (Å²) in [5, 5.41) is 4.26. The Morgan fingerprint density at radius 3 is 2.40 bits per heavy atom. The van der Waals surface area contributed by atoms with Gasteiger partial charge in [-0.3, -0.25) is 4.79 Å². The highest BCUT2D eigenvalue weighted by Gasteiger charge is 2.29. The van der Waals surface area contributed by atoms with Crippen molar-refractivity contribution in [2.45, 2.75) is 38.3 Å². The third-order valence-electron chi connectivity index (χ3n) is 4.57. The van der Waals surface area contributed by atoms with E-state index in [1.807, 2.05) is 37.3 Å². The Hall–Kier alpha value is -2.97. The van der Waals surface area contributed by atoms with Crippen LogP contribution < -0.4 is 4.72 Å². The molecule has 3 rings (SSSR count). The van der Waals surface area contributed by atoms with Gasteiger partial charge in [-0.1, -0.05) is 49.7 Å². The van der Waals surface area contributed by atoms with Crippen molar-refractivity contribution in [1.82, 2.24) is 14.5 Å². The van der Waals surface area contributed by atoms with E-state index in [1.54, 1.807) is 43.1 Å². The molecule has 2 aromatic carbocycles. The number of carbonyl (C=O) groups is 1. The Morgan fingerprint density at radius 2 is 1.77 bits per heavy atom. The topological polar surface area (TPSA) is 90.3 Å². The number of para-hydroxylation sites is 1. The lowest BCUT2D eigenvalue weighted by Crippen LogP contribution is -2.45. The predicted octanol–water partition coefficient (Wildman–Crippen LogP) is 3.23. The van der Waals surface area contributed by atoms with Gasteiger partial charge in [0.05, 0.1) is 16.8 Å². The van der Waals surface area contributed by atoms with Crippen molar-refractivity contribution in [2.75, 3.05) is 0 Å². The highest BCUT2D eigenvalue weighted by Crippen LogP contribution is 2.15. The van der Waals surface area contributed by atoms with Gasteiger partial charge in [-0.25, -0.2) is 13.1 Å². The number of hydrogen-bond acceptors (Lipinski definition) is 5. The van der Waals surface area contributed by atoms with Gasteiger partial charge in [0.1, 0.15) is 12.6 Å². The number of nitrogens with zero attached hydrogens (tertiary/aromatic N) is 2. The largest absolute Gasteiger partial charge is 0.459 e. The van der Waals surface area contributed by atoms with Gasteiger partial charge in [0, 0.05) is 11.8 Å². The molecule has 0 spiro atoms. The summed E-state index contributed by atoms with van der Waals surface area (Å²) in [5.74, 6) is -0.919. The van der Waals surface area contributed by atoms with Gasteiger partial charge in [-0.2, -0.15) is 9.82 Å². The molecule has 0 unspecified atom stereocenters. The molecule has 1 N–H and O–H groups in total.